The third kappa shape index (κ3) is 2.45. The summed E-state index contributed by atoms with van der Waals surface area (Å²) in [5, 5.41) is 0. The quantitative estimate of drug-likeness (QED) is 0.837. The molecule has 2 heterocycles. The second-order valence-corrected chi connectivity index (χ2v) is 5.07. The molecule has 0 aromatic carbocycles. The smallest absolute Gasteiger partial charge is 0.232 e. The zero-order chi connectivity index (χ0) is 11.5. The first-order valence-electron chi connectivity index (χ1n) is 5.52. The van der Waals surface area contributed by atoms with Gasteiger partial charge in [-0.15, -0.1) is 0 Å². The van der Waals surface area contributed by atoms with E-state index in [1.807, 2.05) is 0 Å². The standard InChI is InChI=1S/C11H16BrN3O/c1-8-4-3-5-15(7-8)11-13-6-9(12)10(14-11)16-2/h6,8H,3-5,7H2,1-2H3. The number of rotatable bonds is 2. The van der Waals surface area contributed by atoms with Gasteiger partial charge in [0.25, 0.3) is 0 Å². The van der Waals surface area contributed by atoms with E-state index in [9.17, 15) is 0 Å². The summed E-state index contributed by atoms with van der Waals surface area (Å²) in [4.78, 5) is 11.0. The maximum Gasteiger partial charge on any atom is 0.232 e. The van der Waals surface area contributed by atoms with Gasteiger partial charge >= 0.3 is 0 Å². The zero-order valence-electron chi connectivity index (χ0n) is 9.61. The average molecular weight is 286 g/mol. The fourth-order valence-corrected chi connectivity index (χ4v) is 2.36. The zero-order valence-corrected chi connectivity index (χ0v) is 11.2. The SMILES string of the molecule is COc1nc(N2CCCC(C)C2)ncc1Br. The second kappa shape index (κ2) is 4.99. The highest BCUT2D eigenvalue weighted by Gasteiger charge is 2.19. The lowest BCUT2D eigenvalue weighted by molar-refractivity contribution is 0.390. The van der Waals surface area contributed by atoms with Gasteiger partial charge in [0.2, 0.25) is 11.8 Å². The molecule has 0 amide bonds. The van der Waals surface area contributed by atoms with Crippen LogP contribution in [0, 0.1) is 5.92 Å². The van der Waals surface area contributed by atoms with E-state index < -0.39 is 0 Å². The van der Waals surface area contributed by atoms with Gasteiger partial charge in [0.05, 0.1) is 17.8 Å². The minimum absolute atomic E-state index is 0.600. The van der Waals surface area contributed by atoms with E-state index in [1.54, 1.807) is 13.3 Å². The molecule has 1 aliphatic heterocycles. The number of methoxy groups -OCH3 is 1. The number of nitrogens with zero attached hydrogens (tertiary/aromatic N) is 3. The van der Waals surface area contributed by atoms with Crippen LogP contribution in [0.3, 0.4) is 0 Å². The minimum atomic E-state index is 0.600. The van der Waals surface area contributed by atoms with Gasteiger partial charge in [-0.05, 0) is 34.7 Å². The van der Waals surface area contributed by atoms with E-state index >= 15 is 0 Å². The van der Waals surface area contributed by atoms with Crippen LogP contribution in [0.5, 0.6) is 5.88 Å². The van der Waals surface area contributed by atoms with Crippen molar-refractivity contribution in [1.82, 2.24) is 9.97 Å². The van der Waals surface area contributed by atoms with Crippen molar-refractivity contribution < 1.29 is 4.74 Å². The molecular formula is C11H16BrN3O. The summed E-state index contributed by atoms with van der Waals surface area (Å²) in [5.74, 6) is 2.09. The molecule has 0 radical (unpaired) electrons. The molecule has 5 heteroatoms. The Kier molecular flexibility index (Phi) is 3.63. The van der Waals surface area contributed by atoms with Gasteiger partial charge in [-0.3, -0.25) is 0 Å². The van der Waals surface area contributed by atoms with Gasteiger partial charge < -0.3 is 9.64 Å². The predicted molar refractivity (Wildman–Crippen MR) is 66.9 cm³/mol. The summed E-state index contributed by atoms with van der Waals surface area (Å²) in [5.41, 5.74) is 0. The Labute approximate surface area is 104 Å². The van der Waals surface area contributed by atoms with Crippen molar-refractivity contribution >= 4 is 21.9 Å². The molecule has 0 saturated carbocycles. The van der Waals surface area contributed by atoms with Gasteiger partial charge in [0.1, 0.15) is 0 Å². The summed E-state index contributed by atoms with van der Waals surface area (Å²) in [6.07, 6.45) is 4.26. The molecule has 0 spiro atoms. The summed E-state index contributed by atoms with van der Waals surface area (Å²) < 4.78 is 5.97. The van der Waals surface area contributed by atoms with Crippen molar-refractivity contribution in [1.29, 1.82) is 0 Å². The molecule has 16 heavy (non-hydrogen) atoms. The number of hydrogen-bond donors (Lipinski definition) is 0. The molecule has 2 rings (SSSR count). The fraction of sp³-hybridized carbons (Fsp3) is 0.636. The molecule has 1 aromatic heterocycles. The summed E-state index contributed by atoms with van der Waals surface area (Å²) in [6.45, 7) is 4.34. The van der Waals surface area contributed by atoms with E-state index in [0.29, 0.717) is 11.8 Å². The van der Waals surface area contributed by atoms with Gasteiger partial charge in [0, 0.05) is 13.1 Å². The molecule has 0 N–H and O–H groups in total. The largest absolute Gasteiger partial charge is 0.480 e. The van der Waals surface area contributed by atoms with E-state index in [4.69, 9.17) is 4.74 Å². The van der Waals surface area contributed by atoms with Crippen LogP contribution in [0.2, 0.25) is 0 Å². The Morgan fingerprint density at radius 1 is 1.56 bits per heavy atom. The average Bonchev–Trinajstić information content (AvgIpc) is 2.29. The molecule has 4 nitrogen and oxygen atoms in total. The molecule has 1 aromatic rings. The lowest BCUT2D eigenvalue weighted by Gasteiger charge is -2.30. The second-order valence-electron chi connectivity index (χ2n) is 4.22. The first kappa shape index (κ1) is 11.6. The van der Waals surface area contributed by atoms with Crippen molar-refractivity contribution in [2.45, 2.75) is 19.8 Å². The van der Waals surface area contributed by atoms with E-state index in [2.05, 4.69) is 37.7 Å². The number of ether oxygens (including phenoxy) is 1. The maximum atomic E-state index is 5.18. The number of aromatic nitrogens is 2. The Bertz CT molecular complexity index is 372. The van der Waals surface area contributed by atoms with Gasteiger partial charge in [-0.1, -0.05) is 6.92 Å². The third-order valence-corrected chi connectivity index (χ3v) is 3.38. The lowest BCUT2D eigenvalue weighted by Crippen LogP contribution is -2.35. The molecule has 1 unspecified atom stereocenters. The van der Waals surface area contributed by atoms with Crippen LogP contribution in [0.15, 0.2) is 10.7 Å². The first-order valence-corrected chi connectivity index (χ1v) is 6.31. The van der Waals surface area contributed by atoms with Crippen LogP contribution in [-0.2, 0) is 0 Å². The lowest BCUT2D eigenvalue weighted by atomic mass is 10.0. The Morgan fingerprint density at radius 3 is 3.06 bits per heavy atom. The maximum absolute atomic E-state index is 5.18. The summed E-state index contributed by atoms with van der Waals surface area (Å²) in [6, 6.07) is 0. The van der Waals surface area contributed by atoms with Gasteiger partial charge in [-0.2, -0.15) is 4.98 Å². The number of anilines is 1. The van der Waals surface area contributed by atoms with E-state index in [-0.39, 0.29) is 0 Å². The van der Waals surface area contributed by atoms with E-state index in [1.165, 1.54) is 12.8 Å². The Balaban J connectivity index is 2.19. The van der Waals surface area contributed by atoms with Crippen molar-refractivity contribution in [2.24, 2.45) is 5.92 Å². The topological polar surface area (TPSA) is 38.2 Å². The molecule has 1 fully saturated rings. The monoisotopic (exact) mass is 285 g/mol. The van der Waals surface area contributed by atoms with Crippen molar-refractivity contribution in [3.63, 3.8) is 0 Å². The highest BCUT2D eigenvalue weighted by Crippen LogP contribution is 2.25. The molecule has 88 valence electrons. The molecule has 1 saturated heterocycles. The Hall–Kier alpha value is -0.840. The number of piperidine rings is 1. The third-order valence-electron chi connectivity index (χ3n) is 2.83. The highest BCUT2D eigenvalue weighted by molar-refractivity contribution is 9.10. The normalized spacial score (nSPS) is 20.9. The fourth-order valence-electron chi connectivity index (χ4n) is 2.01. The summed E-state index contributed by atoms with van der Waals surface area (Å²) in [7, 11) is 1.62. The minimum Gasteiger partial charge on any atom is -0.480 e. The number of halogens is 1. The summed E-state index contributed by atoms with van der Waals surface area (Å²) >= 11 is 3.36. The molecule has 0 bridgehead atoms. The molecule has 0 aliphatic carbocycles. The van der Waals surface area contributed by atoms with E-state index in [0.717, 1.165) is 23.5 Å². The van der Waals surface area contributed by atoms with Crippen LogP contribution < -0.4 is 9.64 Å². The van der Waals surface area contributed by atoms with Crippen molar-refractivity contribution in [3.8, 4) is 5.88 Å². The van der Waals surface area contributed by atoms with Crippen molar-refractivity contribution in [2.75, 3.05) is 25.1 Å². The predicted octanol–water partition coefficient (Wildman–Crippen LogP) is 2.48. The molecular weight excluding hydrogens is 270 g/mol. The molecule has 1 atom stereocenters. The van der Waals surface area contributed by atoms with Crippen LogP contribution in [0.4, 0.5) is 5.95 Å². The van der Waals surface area contributed by atoms with Crippen molar-refractivity contribution in [3.05, 3.63) is 10.7 Å². The van der Waals surface area contributed by atoms with Crippen LogP contribution in [0.1, 0.15) is 19.8 Å². The van der Waals surface area contributed by atoms with Crippen LogP contribution in [-0.4, -0.2) is 30.2 Å². The van der Waals surface area contributed by atoms with Gasteiger partial charge in [0.15, 0.2) is 0 Å². The molecule has 1 aliphatic rings. The van der Waals surface area contributed by atoms with Crippen LogP contribution in [0.25, 0.3) is 0 Å². The van der Waals surface area contributed by atoms with Crippen LogP contribution >= 0.6 is 15.9 Å². The Morgan fingerprint density at radius 2 is 2.38 bits per heavy atom. The number of hydrogen-bond acceptors (Lipinski definition) is 4. The highest BCUT2D eigenvalue weighted by atomic mass is 79.9. The van der Waals surface area contributed by atoms with Gasteiger partial charge in [-0.25, -0.2) is 4.98 Å². The first-order chi connectivity index (χ1) is 7.70.